The molecule has 3 heterocycles. The lowest BCUT2D eigenvalue weighted by Gasteiger charge is -2.12. The van der Waals surface area contributed by atoms with Crippen LogP contribution < -0.4 is 5.32 Å². The van der Waals surface area contributed by atoms with Crippen LogP contribution in [0.25, 0.3) is 5.00 Å². The fraction of sp³-hybridized carbons (Fsp3) is 0.571. The van der Waals surface area contributed by atoms with E-state index in [4.69, 9.17) is 4.74 Å². The predicted octanol–water partition coefficient (Wildman–Crippen LogP) is 1.12. The van der Waals surface area contributed by atoms with Gasteiger partial charge >= 0.3 is 0 Å². The number of aromatic nitrogens is 4. The molecule has 1 fully saturated rings. The molecule has 0 radical (unpaired) electrons. The first-order valence-corrected chi connectivity index (χ1v) is 8.42. The first-order chi connectivity index (χ1) is 10.8. The third-order valence-electron chi connectivity index (χ3n) is 4.20. The van der Waals surface area contributed by atoms with Crippen LogP contribution in [-0.4, -0.2) is 45.4 Å². The molecule has 1 aliphatic heterocycles. The fourth-order valence-electron chi connectivity index (χ4n) is 3.14. The quantitative estimate of drug-likeness (QED) is 0.913. The standard InChI is InChI=1S/C14H17N5O2S/c20-13(15-7-9-3-2-6-21-9)12-10-4-1-5-11(10)22-14(12)19-8-16-17-18-19/h8-9H,1-7H2,(H,15,20)/t9-/m0/s1. The third-order valence-corrected chi connectivity index (χ3v) is 5.48. The van der Waals surface area contributed by atoms with Crippen molar-refractivity contribution in [2.24, 2.45) is 0 Å². The molecule has 0 unspecified atom stereocenters. The largest absolute Gasteiger partial charge is 0.376 e. The summed E-state index contributed by atoms with van der Waals surface area (Å²) in [6.45, 7) is 1.36. The minimum atomic E-state index is -0.0413. The number of hydrogen-bond acceptors (Lipinski definition) is 6. The van der Waals surface area contributed by atoms with E-state index in [1.807, 2.05) is 0 Å². The van der Waals surface area contributed by atoms with Crippen molar-refractivity contribution in [3.8, 4) is 5.00 Å². The van der Waals surface area contributed by atoms with Crippen LogP contribution in [0.2, 0.25) is 0 Å². The van der Waals surface area contributed by atoms with Gasteiger partial charge in [0.05, 0.1) is 11.7 Å². The fourth-order valence-corrected chi connectivity index (χ4v) is 4.44. The molecular formula is C14H17N5O2S. The van der Waals surface area contributed by atoms with Gasteiger partial charge in [-0.2, -0.15) is 4.68 Å². The Kier molecular flexibility index (Phi) is 3.63. The highest BCUT2D eigenvalue weighted by atomic mass is 32.1. The molecule has 116 valence electrons. The van der Waals surface area contributed by atoms with E-state index >= 15 is 0 Å². The Bertz CT molecular complexity index is 676. The molecule has 0 saturated carbocycles. The molecule has 22 heavy (non-hydrogen) atoms. The topological polar surface area (TPSA) is 81.9 Å². The number of carbonyl (C=O) groups is 1. The van der Waals surface area contributed by atoms with Crippen LogP contribution in [0.15, 0.2) is 6.33 Å². The molecule has 7 nitrogen and oxygen atoms in total. The van der Waals surface area contributed by atoms with Crippen molar-refractivity contribution >= 4 is 17.2 Å². The van der Waals surface area contributed by atoms with Gasteiger partial charge in [-0.3, -0.25) is 4.79 Å². The zero-order valence-corrected chi connectivity index (χ0v) is 12.9. The Morgan fingerprint density at radius 3 is 3.18 bits per heavy atom. The van der Waals surface area contributed by atoms with Crippen molar-refractivity contribution in [1.82, 2.24) is 25.5 Å². The maximum Gasteiger partial charge on any atom is 0.254 e. The second-order valence-corrected chi connectivity index (χ2v) is 6.72. The number of rotatable bonds is 4. The highest BCUT2D eigenvalue weighted by Crippen LogP contribution is 2.37. The van der Waals surface area contributed by atoms with Crippen molar-refractivity contribution in [3.63, 3.8) is 0 Å². The van der Waals surface area contributed by atoms with E-state index in [9.17, 15) is 4.79 Å². The minimum absolute atomic E-state index is 0.0413. The van der Waals surface area contributed by atoms with Crippen molar-refractivity contribution in [1.29, 1.82) is 0 Å². The van der Waals surface area contributed by atoms with Gasteiger partial charge in [0.1, 0.15) is 11.3 Å². The Balaban J connectivity index is 1.60. The summed E-state index contributed by atoms with van der Waals surface area (Å²) in [4.78, 5) is 14.0. The van der Waals surface area contributed by atoms with E-state index in [2.05, 4.69) is 20.8 Å². The predicted molar refractivity (Wildman–Crippen MR) is 80.4 cm³/mol. The molecule has 2 aromatic rings. The van der Waals surface area contributed by atoms with E-state index in [0.29, 0.717) is 6.54 Å². The number of nitrogens with one attached hydrogen (secondary N) is 1. The first kappa shape index (κ1) is 13.8. The van der Waals surface area contributed by atoms with Crippen LogP contribution in [0.1, 0.15) is 40.1 Å². The molecule has 0 aromatic carbocycles. The van der Waals surface area contributed by atoms with E-state index in [1.54, 1.807) is 16.0 Å². The van der Waals surface area contributed by atoms with Crippen LogP contribution in [0.4, 0.5) is 0 Å². The van der Waals surface area contributed by atoms with Gasteiger partial charge in [-0.1, -0.05) is 0 Å². The molecule has 4 rings (SSSR count). The number of nitrogens with zero attached hydrogens (tertiary/aromatic N) is 4. The molecule has 0 bridgehead atoms. The van der Waals surface area contributed by atoms with Gasteiger partial charge in [0.25, 0.3) is 5.91 Å². The monoisotopic (exact) mass is 319 g/mol. The third kappa shape index (κ3) is 2.42. The van der Waals surface area contributed by atoms with Crippen molar-refractivity contribution in [2.75, 3.05) is 13.2 Å². The number of amides is 1. The smallest absolute Gasteiger partial charge is 0.254 e. The molecular weight excluding hydrogens is 302 g/mol. The summed E-state index contributed by atoms with van der Waals surface area (Å²) in [6.07, 6.45) is 6.88. The van der Waals surface area contributed by atoms with Crippen molar-refractivity contribution < 1.29 is 9.53 Å². The highest BCUT2D eigenvalue weighted by Gasteiger charge is 2.28. The van der Waals surface area contributed by atoms with E-state index in [0.717, 1.165) is 49.3 Å². The van der Waals surface area contributed by atoms with Gasteiger partial charge in [-0.15, -0.1) is 16.4 Å². The second kappa shape index (κ2) is 5.77. The summed E-state index contributed by atoms with van der Waals surface area (Å²) >= 11 is 1.62. The first-order valence-electron chi connectivity index (χ1n) is 7.60. The van der Waals surface area contributed by atoms with Gasteiger partial charge in [-0.25, -0.2) is 0 Å². The summed E-state index contributed by atoms with van der Waals surface area (Å²) in [7, 11) is 0. The second-order valence-electron chi connectivity index (χ2n) is 5.64. The number of ether oxygens (including phenoxy) is 1. The average molecular weight is 319 g/mol. The zero-order valence-electron chi connectivity index (χ0n) is 12.1. The van der Waals surface area contributed by atoms with E-state index in [1.165, 1.54) is 16.8 Å². The summed E-state index contributed by atoms with van der Waals surface area (Å²) in [5.41, 5.74) is 1.91. The highest BCUT2D eigenvalue weighted by molar-refractivity contribution is 7.15. The van der Waals surface area contributed by atoms with Crippen LogP contribution >= 0.6 is 11.3 Å². The molecule has 1 N–H and O–H groups in total. The van der Waals surface area contributed by atoms with Crippen molar-refractivity contribution in [2.45, 2.75) is 38.2 Å². The number of carbonyl (C=O) groups excluding carboxylic acids is 1. The number of aryl methyl sites for hydroxylation is 1. The average Bonchev–Trinajstić information content (AvgIpc) is 3.27. The number of tetrazole rings is 1. The number of thiophene rings is 1. The van der Waals surface area contributed by atoms with Crippen LogP contribution in [-0.2, 0) is 17.6 Å². The zero-order chi connectivity index (χ0) is 14.9. The Hall–Kier alpha value is -1.80. The summed E-state index contributed by atoms with van der Waals surface area (Å²) in [5, 5.41) is 15.1. The SMILES string of the molecule is O=C(NC[C@@H]1CCCO1)c1c(-n2cnnn2)sc2c1CCC2. The van der Waals surface area contributed by atoms with Gasteiger partial charge in [-0.05, 0) is 48.1 Å². The molecule has 1 atom stereocenters. The molecule has 8 heteroatoms. The van der Waals surface area contributed by atoms with Crippen molar-refractivity contribution in [3.05, 3.63) is 22.3 Å². The lowest BCUT2D eigenvalue weighted by atomic mass is 10.1. The van der Waals surface area contributed by atoms with Gasteiger partial charge in [0.15, 0.2) is 0 Å². The molecule has 1 saturated heterocycles. The lowest BCUT2D eigenvalue weighted by Crippen LogP contribution is -2.32. The molecule has 0 spiro atoms. The molecule has 2 aliphatic rings. The summed E-state index contributed by atoms with van der Waals surface area (Å²) in [6, 6.07) is 0. The van der Waals surface area contributed by atoms with Gasteiger partial charge < -0.3 is 10.1 Å². The summed E-state index contributed by atoms with van der Waals surface area (Å²) in [5.74, 6) is -0.0413. The normalized spacial score (nSPS) is 20.3. The Morgan fingerprint density at radius 2 is 2.41 bits per heavy atom. The van der Waals surface area contributed by atoms with Crippen LogP contribution in [0.5, 0.6) is 0 Å². The van der Waals surface area contributed by atoms with E-state index < -0.39 is 0 Å². The Labute approximate surface area is 131 Å². The van der Waals surface area contributed by atoms with Crippen LogP contribution in [0.3, 0.4) is 0 Å². The maximum atomic E-state index is 12.7. The molecule has 2 aromatic heterocycles. The maximum absolute atomic E-state index is 12.7. The number of hydrogen-bond donors (Lipinski definition) is 1. The minimum Gasteiger partial charge on any atom is -0.376 e. The lowest BCUT2D eigenvalue weighted by molar-refractivity contribution is 0.0857. The van der Waals surface area contributed by atoms with E-state index in [-0.39, 0.29) is 12.0 Å². The van der Waals surface area contributed by atoms with Gasteiger partial charge in [0, 0.05) is 18.0 Å². The van der Waals surface area contributed by atoms with Gasteiger partial charge in [0.2, 0.25) is 0 Å². The number of fused-ring (bicyclic) bond motifs is 1. The molecule has 1 aliphatic carbocycles. The molecule has 1 amide bonds. The Morgan fingerprint density at radius 1 is 1.45 bits per heavy atom. The summed E-state index contributed by atoms with van der Waals surface area (Å²) < 4.78 is 7.15. The van der Waals surface area contributed by atoms with Crippen LogP contribution in [0, 0.1) is 0 Å².